The Kier molecular flexibility index (Phi) is 3.78. The number of aliphatic hydroxyl groups is 1. The molecule has 2 atom stereocenters. The third-order valence-electron chi connectivity index (χ3n) is 4.46. The van der Waals surface area contributed by atoms with Gasteiger partial charge in [0.2, 0.25) is 0 Å². The van der Waals surface area contributed by atoms with Crippen LogP contribution in [0, 0.1) is 6.92 Å². The van der Waals surface area contributed by atoms with Crippen molar-refractivity contribution in [2.24, 2.45) is 0 Å². The fraction of sp³-hybridized carbons (Fsp3) is 0.786. The standard InChI is InChI=1S/C14H23N3OS/c1-10-7-16-6-4-3-5-12(16)8-17(10)14-15-11(2)13(9-18)19-14/h10,12,18H,3-9H2,1-2H3. The first-order valence-corrected chi connectivity index (χ1v) is 8.08. The molecular weight excluding hydrogens is 258 g/mol. The lowest BCUT2D eigenvalue weighted by Crippen LogP contribution is -2.58. The number of hydrogen-bond acceptors (Lipinski definition) is 5. The van der Waals surface area contributed by atoms with Gasteiger partial charge in [-0.2, -0.15) is 0 Å². The number of aliphatic hydroxyl groups excluding tert-OH is 1. The summed E-state index contributed by atoms with van der Waals surface area (Å²) < 4.78 is 0. The second-order valence-corrected chi connectivity index (χ2v) is 6.87. The summed E-state index contributed by atoms with van der Waals surface area (Å²) in [5.41, 5.74) is 0.987. The average Bonchev–Trinajstić information content (AvgIpc) is 2.79. The predicted molar refractivity (Wildman–Crippen MR) is 78.8 cm³/mol. The van der Waals surface area contributed by atoms with Crippen molar-refractivity contribution in [3.63, 3.8) is 0 Å². The Labute approximate surface area is 119 Å². The molecule has 3 rings (SSSR count). The quantitative estimate of drug-likeness (QED) is 0.900. The molecule has 0 amide bonds. The van der Waals surface area contributed by atoms with Crippen molar-refractivity contribution < 1.29 is 5.11 Å². The first-order valence-electron chi connectivity index (χ1n) is 7.27. The lowest BCUT2D eigenvalue weighted by molar-refractivity contribution is 0.115. The molecule has 0 radical (unpaired) electrons. The number of anilines is 1. The lowest BCUT2D eigenvalue weighted by atomic mass is 9.97. The Morgan fingerprint density at radius 3 is 2.95 bits per heavy atom. The minimum Gasteiger partial charge on any atom is -0.391 e. The maximum absolute atomic E-state index is 9.33. The van der Waals surface area contributed by atoms with Crippen LogP contribution < -0.4 is 4.90 Å². The molecule has 1 aromatic rings. The third-order valence-corrected chi connectivity index (χ3v) is 5.64. The van der Waals surface area contributed by atoms with E-state index in [2.05, 4.69) is 21.7 Å². The molecule has 19 heavy (non-hydrogen) atoms. The third kappa shape index (κ3) is 2.51. The maximum atomic E-state index is 9.33. The molecule has 1 N–H and O–H groups in total. The van der Waals surface area contributed by atoms with Crippen molar-refractivity contribution >= 4 is 16.5 Å². The Morgan fingerprint density at radius 1 is 1.37 bits per heavy atom. The molecule has 0 spiro atoms. The first kappa shape index (κ1) is 13.3. The van der Waals surface area contributed by atoms with Gasteiger partial charge in [-0.25, -0.2) is 4.98 Å². The number of aryl methyl sites for hydroxylation is 1. The predicted octanol–water partition coefficient (Wildman–Crippen LogP) is 2.01. The largest absolute Gasteiger partial charge is 0.391 e. The highest BCUT2D eigenvalue weighted by Crippen LogP contribution is 2.32. The highest BCUT2D eigenvalue weighted by molar-refractivity contribution is 7.15. The molecule has 0 bridgehead atoms. The number of piperazine rings is 1. The lowest BCUT2D eigenvalue weighted by Gasteiger charge is -2.47. The summed E-state index contributed by atoms with van der Waals surface area (Å²) in [7, 11) is 0. The van der Waals surface area contributed by atoms with Crippen LogP contribution in [0.25, 0.3) is 0 Å². The van der Waals surface area contributed by atoms with Crippen LogP contribution in [0.5, 0.6) is 0 Å². The van der Waals surface area contributed by atoms with E-state index in [4.69, 9.17) is 0 Å². The van der Waals surface area contributed by atoms with E-state index in [-0.39, 0.29) is 6.61 Å². The van der Waals surface area contributed by atoms with E-state index in [1.54, 1.807) is 11.3 Å². The van der Waals surface area contributed by atoms with Gasteiger partial charge >= 0.3 is 0 Å². The van der Waals surface area contributed by atoms with Crippen LogP contribution >= 0.6 is 11.3 Å². The second kappa shape index (κ2) is 5.38. The van der Waals surface area contributed by atoms with Crippen molar-refractivity contribution in [2.45, 2.75) is 51.8 Å². The van der Waals surface area contributed by atoms with Gasteiger partial charge in [-0.1, -0.05) is 17.8 Å². The Balaban J connectivity index is 1.79. The van der Waals surface area contributed by atoms with Crippen molar-refractivity contribution in [3.8, 4) is 0 Å². The summed E-state index contributed by atoms with van der Waals surface area (Å²) in [4.78, 5) is 10.8. The fourth-order valence-corrected chi connectivity index (χ4v) is 4.33. The van der Waals surface area contributed by atoms with Crippen LogP contribution in [0.1, 0.15) is 36.8 Å². The molecule has 2 aliphatic rings. The molecule has 106 valence electrons. The topological polar surface area (TPSA) is 39.6 Å². The van der Waals surface area contributed by atoms with Crippen molar-refractivity contribution in [3.05, 3.63) is 10.6 Å². The molecule has 4 nitrogen and oxygen atoms in total. The average molecular weight is 281 g/mol. The fourth-order valence-electron chi connectivity index (χ4n) is 3.30. The number of nitrogens with zero attached hydrogens (tertiary/aromatic N) is 3. The number of thiazole rings is 1. The van der Waals surface area contributed by atoms with Gasteiger partial charge in [-0.05, 0) is 33.2 Å². The molecule has 0 aliphatic carbocycles. The molecule has 2 fully saturated rings. The van der Waals surface area contributed by atoms with Crippen molar-refractivity contribution in [1.82, 2.24) is 9.88 Å². The normalized spacial score (nSPS) is 28.5. The molecule has 2 saturated heterocycles. The van der Waals surface area contributed by atoms with E-state index in [0.717, 1.165) is 28.8 Å². The molecule has 0 saturated carbocycles. The monoisotopic (exact) mass is 281 g/mol. The summed E-state index contributed by atoms with van der Waals surface area (Å²) in [6, 6.07) is 1.22. The van der Waals surface area contributed by atoms with Crippen LogP contribution in [0.4, 0.5) is 5.13 Å². The number of fused-ring (bicyclic) bond motifs is 1. The Bertz CT molecular complexity index is 448. The number of hydrogen-bond donors (Lipinski definition) is 1. The molecule has 3 heterocycles. The zero-order chi connectivity index (χ0) is 13.4. The summed E-state index contributed by atoms with van der Waals surface area (Å²) in [6.07, 6.45) is 4.04. The zero-order valence-corrected chi connectivity index (χ0v) is 12.6. The summed E-state index contributed by atoms with van der Waals surface area (Å²) in [6.45, 7) is 7.91. The zero-order valence-electron chi connectivity index (χ0n) is 11.8. The van der Waals surface area contributed by atoms with E-state index >= 15 is 0 Å². The molecule has 0 aromatic carbocycles. The van der Waals surface area contributed by atoms with Gasteiger partial charge in [0, 0.05) is 25.2 Å². The number of aromatic nitrogens is 1. The van der Waals surface area contributed by atoms with E-state index in [0.29, 0.717) is 12.1 Å². The molecule has 1 aromatic heterocycles. The molecule has 2 aliphatic heterocycles. The summed E-state index contributed by atoms with van der Waals surface area (Å²) in [5.74, 6) is 0. The van der Waals surface area contributed by atoms with Crippen LogP contribution in [0.15, 0.2) is 0 Å². The van der Waals surface area contributed by atoms with Gasteiger partial charge in [0.05, 0.1) is 17.2 Å². The van der Waals surface area contributed by atoms with E-state index in [1.807, 2.05) is 6.92 Å². The highest BCUT2D eigenvalue weighted by Gasteiger charge is 2.34. The van der Waals surface area contributed by atoms with Crippen LogP contribution in [-0.4, -0.2) is 46.7 Å². The summed E-state index contributed by atoms with van der Waals surface area (Å²) in [5, 5.41) is 10.4. The minimum absolute atomic E-state index is 0.112. The second-order valence-electron chi connectivity index (χ2n) is 5.81. The number of rotatable bonds is 2. The van der Waals surface area contributed by atoms with Crippen LogP contribution in [0.3, 0.4) is 0 Å². The van der Waals surface area contributed by atoms with Gasteiger partial charge < -0.3 is 10.0 Å². The van der Waals surface area contributed by atoms with Crippen molar-refractivity contribution in [2.75, 3.05) is 24.5 Å². The highest BCUT2D eigenvalue weighted by atomic mass is 32.1. The van der Waals surface area contributed by atoms with Crippen molar-refractivity contribution in [1.29, 1.82) is 0 Å². The van der Waals surface area contributed by atoms with Crippen LogP contribution in [0.2, 0.25) is 0 Å². The van der Waals surface area contributed by atoms with Gasteiger partial charge in [-0.15, -0.1) is 0 Å². The van der Waals surface area contributed by atoms with E-state index in [1.165, 1.54) is 25.8 Å². The molecular formula is C14H23N3OS. The Hall–Kier alpha value is -0.650. The van der Waals surface area contributed by atoms with Gasteiger partial charge in [-0.3, -0.25) is 4.90 Å². The summed E-state index contributed by atoms with van der Waals surface area (Å²) >= 11 is 1.66. The maximum Gasteiger partial charge on any atom is 0.186 e. The molecule has 2 unspecified atom stereocenters. The number of piperidine rings is 1. The Morgan fingerprint density at radius 2 is 2.21 bits per heavy atom. The van der Waals surface area contributed by atoms with Crippen LogP contribution in [-0.2, 0) is 6.61 Å². The first-order chi connectivity index (χ1) is 9.19. The van der Waals surface area contributed by atoms with Gasteiger partial charge in [0.15, 0.2) is 5.13 Å². The minimum atomic E-state index is 0.112. The van der Waals surface area contributed by atoms with Gasteiger partial charge in [0.1, 0.15) is 0 Å². The van der Waals surface area contributed by atoms with Gasteiger partial charge in [0.25, 0.3) is 0 Å². The van der Waals surface area contributed by atoms with E-state index in [9.17, 15) is 5.11 Å². The smallest absolute Gasteiger partial charge is 0.186 e. The van der Waals surface area contributed by atoms with E-state index < -0.39 is 0 Å². The molecule has 5 heteroatoms. The SMILES string of the molecule is Cc1nc(N2CC3CCCCN3CC2C)sc1CO.